The van der Waals surface area contributed by atoms with Crippen LogP contribution in [0.15, 0.2) is 12.1 Å². The van der Waals surface area contributed by atoms with Gasteiger partial charge in [0.1, 0.15) is 0 Å². The van der Waals surface area contributed by atoms with Gasteiger partial charge in [-0.1, -0.05) is 0 Å². The quantitative estimate of drug-likeness (QED) is 0.549. The van der Waals surface area contributed by atoms with Gasteiger partial charge in [-0.25, -0.2) is 4.79 Å². The Bertz CT molecular complexity index is 847. The Morgan fingerprint density at radius 3 is 1.91 bits per heavy atom. The number of nitrogens with zero attached hydrogens (tertiary/aromatic N) is 2. The first-order valence-electron chi connectivity index (χ1n) is 10.8. The van der Waals surface area contributed by atoms with E-state index >= 15 is 0 Å². The van der Waals surface area contributed by atoms with Crippen molar-refractivity contribution >= 4 is 17.8 Å². The van der Waals surface area contributed by atoms with Crippen LogP contribution in [0.25, 0.3) is 0 Å². The topological polar surface area (TPSA) is 118 Å². The van der Waals surface area contributed by atoms with Gasteiger partial charge in [0.05, 0.1) is 21.3 Å². The third-order valence-electron chi connectivity index (χ3n) is 5.07. The number of halogens is 3. The van der Waals surface area contributed by atoms with Crippen LogP contribution in [0.1, 0.15) is 30.6 Å². The van der Waals surface area contributed by atoms with Crippen molar-refractivity contribution in [2.75, 3.05) is 54.1 Å². The van der Waals surface area contributed by atoms with Crippen LogP contribution in [0.4, 0.5) is 13.2 Å². The van der Waals surface area contributed by atoms with E-state index in [4.69, 9.17) is 24.1 Å². The van der Waals surface area contributed by atoms with E-state index < -0.39 is 12.1 Å². The Labute approximate surface area is 201 Å². The minimum atomic E-state index is -5.08. The van der Waals surface area contributed by atoms with Gasteiger partial charge in [0.25, 0.3) is 5.91 Å². The van der Waals surface area contributed by atoms with Crippen LogP contribution < -0.4 is 19.5 Å². The summed E-state index contributed by atoms with van der Waals surface area (Å²) in [5, 5.41) is 10.4. The molecule has 198 valence electrons. The standard InChI is InChI=1S/C20H31N3O5.C2HF3O2/c1-14(2)23(9-6-18(24)22-10-7-21-8-11-22)20(25)15-12-16(26-3)19(28-5)17(13-15)27-4;3-2(4,5)1(6)7/h12-14,21H,6-11H2,1-5H3;(H,6,7). The number of carbonyl (C=O) groups is 3. The lowest BCUT2D eigenvalue weighted by molar-refractivity contribution is -0.192. The molecule has 1 aliphatic rings. The van der Waals surface area contributed by atoms with Gasteiger partial charge in [-0.15, -0.1) is 0 Å². The van der Waals surface area contributed by atoms with Crippen LogP contribution in [0.3, 0.4) is 0 Å². The van der Waals surface area contributed by atoms with Gasteiger partial charge < -0.3 is 34.4 Å². The third-order valence-corrected chi connectivity index (χ3v) is 5.07. The second-order valence-corrected chi connectivity index (χ2v) is 7.69. The fraction of sp³-hybridized carbons (Fsp3) is 0.591. The molecule has 1 aromatic rings. The molecule has 1 aliphatic heterocycles. The first-order chi connectivity index (χ1) is 16.4. The maximum absolute atomic E-state index is 13.2. The third kappa shape index (κ3) is 8.81. The molecule has 0 saturated carbocycles. The van der Waals surface area contributed by atoms with Crippen molar-refractivity contribution in [3.8, 4) is 17.2 Å². The zero-order valence-electron chi connectivity index (χ0n) is 20.4. The van der Waals surface area contributed by atoms with Crippen molar-refractivity contribution in [2.45, 2.75) is 32.5 Å². The summed E-state index contributed by atoms with van der Waals surface area (Å²) in [4.78, 5) is 38.1. The monoisotopic (exact) mass is 507 g/mol. The van der Waals surface area contributed by atoms with Gasteiger partial charge in [-0.2, -0.15) is 13.2 Å². The summed E-state index contributed by atoms with van der Waals surface area (Å²) in [6.07, 6.45) is -4.78. The summed E-state index contributed by atoms with van der Waals surface area (Å²) >= 11 is 0. The molecule has 35 heavy (non-hydrogen) atoms. The van der Waals surface area contributed by atoms with Crippen molar-refractivity contribution in [1.82, 2.24) is 15.1 Å². The molecule has 1 fully saturated rings. The Balaban J connectivity index is 0.000000762. The Morgan fingerprint density at radius 2 is 1.54 bits per heavy atom. The van der Waals surface area contributed by atoms with Crippen LogP contribution in [0, 0.1) is 0 Å². The summed E-state index contributed by atoms with van der Waals surface area (Å²) in [5.41, 5.74) is 0.429. The first kappa shape index (κ1) is 29.8. The maximum atomic E-state index is 13.2. The number of hydrogen-bond donors (Lipinski definition) is 2. The molecule has 2 rings (SSSR count). The molecular formula is C22H32F3N3O7. The highest BCUT2D eigenvalue weighted by atomic mass is 19.4. The number of nitrogens with one attached hydrogen (secondary N) is 1. The largest absolute Gasteiger partial charge is 0.493 e. The SMILES string of the molecule is COc1cc(C(=O)N(CCC(=O)N2CCNCC2)C(C)C)cc(OC)c1OC.O=C(O)C(F)(F)F. The smallest absolute Gasteiger partial charge is 0.490 e. The molecule has 1 heterocycles. The van der Waals surface area contributed by atoms with E-state index in [-0.39, 0.29) is 17.9 Å². The fourth-order valence-electron chi connectivity index (χ4n) is 3.25. The molecular weight excluding hydrogens is 475 g/mol. The van der Waals surface area contributed by atoms with Crippen LogP contribution in [0.5, 0.6) is 17.2 Å². The maximum Gasteiger partial charge on any atom is 0.490 e. The van der Waals surface area contributed by atoms with Crippen molar-refractivity contribution in [3.63, 3.8) is 0 Å². The number of alkyl halides is 3. The van der Waals surface area contributed by atoms with Gasteiger partial charge >= 0.3 is 12.1 Å². The Morgan fingerprint density at radius 1 is 1.06 bits per heavy atom. The highest BCUT2D eigenvalue weighted by Gasteiger charge is 2.38. The molecule has 10 nitrogen and oxygen atoms in total. The molecule has 0 aliphatic carbocycles. The van der Waals surface area contributed by atoms with Crippen molar-refractivity contribution < 1.29 is 46.9 Å². The molecule has 2 amide bonds. The summed E-state index contributed by atoms with van der Waals surface area (Å²) in [7, 11) is 4.54. The molecule has 2 N–H and O–H groups in total. The predicted octanol–water partition coefficient (Wildman–Crippen LogP) is 2.02. The number of aliphatic carboxylic acids is 1. The van der Waals surface area contributed by atoms with Gasteiger partial charge in [0.2, 0.25) is 11.7 Å². The van der Waals surface area contributed by atoms with Gasteiger partial charge in [-0.05, 0) is 26.0 Å². The number of carbonyl (C=O) groups excluding carboxylic acids is 2. The number of ether oxygens (including phenoxy) is 3. The van der Waals surface area contributed by atoms with Crippen molar-refractivity contribution in [2.24, 2.45) is 0 Å². The van der Waals surface area contributed by atoms with E-state index in [2.05, 4.69) is 5.32 Å². The normalized spacial score (nSPS) is 13.5. The average Bonchev–Trinajstić information content (AvgIpc) is 2.82. The van der Waals surface area contributed by atoms with Crippen molar-refractivity contribution in [1.29, 1.82) is 0 Å². The molecule has 0 radical (unpaired) electrons. The molecule has 0 spiro atoms. The summed E-state index contributed by atoms with van der Waals surface area (Å²) in [6.45, 7) is 7.27. The summed E-state index contributed by atoms with van der Waals surface area (Å²) in [5.74, 6) is -1.58. The lowest BCUT2D eigenvalue weighted by atomic mass is 10.1. The minimum Gasteiger partial charge on any atom is -0.493 e. The van der Waals surface area contributed by atoms with E-state index in [1.807, 2.05) is 18.7 Å². The zero-order chi connectivity index (χ0) is 26.8. The van der Waals surface area contributed by atoms with Crippen LogP contribution in [0.2, 0.25) is 0 Å². The number of carboxylic acid groups (broad SMARTS) is 1. The van der Waals surface area contributed by atoms with E-state index in [1.165, 1.54) is 21.3 Å². The molecule has 0 unspecified atom stereocenters. The molecule has 0 bridgehead atoms. The summed E-state index contributed by atoms with van der Waals surface area (Å²) in [6, 6.07) is 3.22. The zero-order valence-corrected chi connectivity index (χ0v) is 20.4. The Hall–Kier alpha value is -3.22. The highest BCUT2D eigenvalue weighted by Crippen LogP contribution is 2.38. The molecule has 0 aromatic heterocycles. The van der Waals surface area contributed by atoms with Gasteiger partial charge in [-0.3, -0.25) is 9.59 Å². The number of hydrogen-bond acceptors (Lipinski definition) is 7. The van der Waals surface area contributed by atoms with Crippen LogP contribution >= 0.6 is 0 Å². The number of rotatable bonds is 8. The van der Waals surface area contributed by atoms with Crippen molar-refractivity contribution in [3.05, 3.63) is 17.7 Å². The van der Waals surface area contributed by atoms with Gasteiger partial charge in [0, 0.05) is 50.7 Å². The highest BCUT2D eigenvalue weighted by molar-refractivity contribution is 5.96. The minimum absolute atomic E-state index is 0.0533. The van der Waals surface area contributed by atoms with E-state index in [0.717, 1.165) is 13.1 Å². The number of piperazine rings is 1. The lowest BCUT2D eigenvalue weighted by Gasteiger charge is -2.30. The van der Waals surface area contributed by atoms with Crippen LogP contribution in [-0.2, 0) is 9.59 Å². The second-order valence-electron chi connectivity index (χ2n) is 7.69. The van der Waals surface area contributed by atoms with Gasteiger partial charge in [0.15, 0.2) is 11.5 Å². The van der Waals surface area contributed by atoms with E-state index in [0.29, 0.717) is 48.9 Å². The Kier molecular flexibility index (Phi) is 11.6. The van der Waals surface area contributed by atoms with E-state index in [1.54, 1.807) is 17.0 Å². The van der Waals surface area contributed by atoms with Crippen LogP contribution in [-0.4, -0.2) is 99.0 Å². The molecule has 13 heteroatoms. The predicted molar refractivity (Wildman–Crippen MR) is 120 cm³/mol. The molecule has 1 aromatic carbocycles. The van der Waals surface area contributed by atoms with E-state index in [9.17, 15) is 22.8 Å². The number of carboxylic acids is 1. The average molecular weight is 508 g/mol. The number of methoxy groups -OCH3 is 3. The molecule has 0 atom stereocenters. The fourth-order valence-corrected chi connectivity index (χ4v) is 3.25. The first-order valence-corrected chi connectivity index (χ1v) is 10.8. The lowest BCUT2D eigenvalue weighted by Crippen LogP contribution is -2.47. The summed E-state index contributed by atoms with van der Waals surface area (Å²) < 4.78 is 47.7. The number of benzene rings is 1. The second kappa shape index (κ2) is 13.6. The molecule has 1 saturated heterocycles. The number of amides is 2.